The lowest BCUT2D eigenvalue weighted by atomic mass is 9.99. The Morgan fingerprint density at radius 3 is 2.55 bits per heavy atom. The van der Waals surface area contributed by atoms with Gasteiger partial charge in [-0.25, -0.2) is 13.4 Å². The molecule has 2 aliphatic rings. The summed E-state index contributed by atoms with van der Waals surface area (Å²) < 4.78 is 27.4. The Hall–Kier alpha value is -2.97. The molecule has 0 aliphatic carbocycles. The Balaban J connectivity index is 1.28. The van der Waals surface area contributed by atoms with Gasteiger partial charge in [-0.15, -0.1) is 0 Å². The van der Waals surface area contributed by atoms with Gasteiger partial charge >= 0.3 is 0 Å². The maximum Gasteiger partial charge on any atom is 0.254 e. The van der Waals surface area contributed by atoms with Crippen molar-refractivity contribution in [2.75, 3.05) is 26.2 Å². The van der Waals surface area contributed by atoms with E-state index >= 15 is 0 Å². The maximum atomic E-state index is 13.0. The predicted molar refractivity (Wildman–Crippen MR) is 128 cm³/mol. The number of aromatic nitrogens is 2. The smallest absolute Gasteiger partial charge is 0.254 e. The van der Waals surface area contributed by atoms with Crippen molar-refractivity contribution < 1.29 is 13.2 Å². The number of aromatic amines is 1. The minimum Gasteiger partial charge on any atom is -0.346 e. The molecule has 7 nitrogen and oxygen atoms in total. The summed E-state index contributed by atoms with van der Waals surface area (Å²) in [7, 11) is -3.51. The van der Waals surface area contributed by atoms with Crippen LogP contribution in [0.15, 0.2) is 59.8 Å². The summed E-state index contributed by atoms with van der Waals surface area (Å²) in [4.78, 5) is 22.6. The van der Waals surface area contributed by atoms with Crippen LogP contribution in [0, 0.1) is 5.92 Å². The lowest BCUT2D eigenvalue weighted by molar-refractivity contribution is 0.0773. The summed E-state index contributed by atoms with van der Waals surface area (Å²) in [5.41, 5.74) is 3.71. The van der Waals surface area contributed by atoms with E-state index in [4.69, 9.17) is 0 Å². The van der Waals surface area contributed by atoms with Gasteiger partial charge in [0.1, 0.15) is 5.65 Å². The molecule has 2 aromatic heterocycles. The molecule has 0 saturated carbocycles. The van der Waals surface area contributed by atoms with Gasteiger partial charge in [0.25, 0.3) is 5.91 Å². The molecule has 3 aromatic rings. The number of benzene rings is 1. The van der Waals surface area contributed by atoms with Crippen molar-refractivity contribution in [3.63, 3.8) is 0 Å². The third-order valence-electron chi connectivity index (χ3n) is 6.78. The van der Waals surface area contributed by atoms with Gasteiger partial charge in [-0.2, -0.15) is 4.31 Å². The van der Waals surface area contributed by atoms with Gasteiger partial charge in [0.2, 0.25) is 10.0 Å². The standard InChI is InChI=1S/C25H28N4O3S/c1-18-8-15-29(16-9-18)33(31,32)21-6-4-20(5-7-21)25(30)28-13-10-19(11-14-28)23-17-27-24-22(23)3-2-12-26-24/h2-7,10,12,17-18H,8-9,11,13-16H2,1H3,(H,26,27). The van der Waals surface area contributed by atoms with E-state index in [0.29, 0.717) is 37.7 Å². The summed E-state index contributed by atoms with van der Waals surface area (Å²) in [6.07, 6.45) is 8.36. The Bertz CT molecular complexity index is 1300. The van der Waals surface area contributed by atoms with E-state index in [1.807, 2.05) is 18.3 Å². The molecular formula is C25H28N4O3S. The minimum atomic E-state index is -3.51. The summed E-state index contributed by atoms with van der Waals surface area (Å²) >= 11 is 0. The highest BCUT2D eigenvalue weighted by Gasteiger charge is 2.28. The number of hydrogen-bond donors (Lipinski definition) is 1. The molecular weight excluding hydrogens is 436 g/mol. The van der Waals surface area contributed by atoms with E-state index in [-0.39, 0.29) is 10.8 Å². The Kier molecular flexibility index (Phi) is 5.80. The summed E-state index contributed by atoms with van der Waals surface area (Å²) in [6, 6.07) is 10.4. The number of fused-ring (bicyclic) bond motifs is 1. The lowest BCUT2D eigenvalue weighted by Crippen LogP contribution is -2.38. The van der Waals surface area contributed by atoms with Gasteiger partial charge < -0.3 is 9.88 Å². The molecule has 0 radical (unpaired) electrons. The number of amides is 1. The molecule has 1 N–H and O–H groups in total. The molecule has 4 heterocycles. The number of nitrogens with one attached hydrogen (secondary N) is 1. The zero-order chi connectivity index (χ0) is 23.0. The van der Waals surface area contributed by atoms with E-state index in [1.165, 1.54) is 5.57 Å². The highest BCUT2D eigenvalue weighted by molar-refractivity contribution is 7.89. The van der Waals surface area contributed by atoms with Crippen molar-refractivity contribution in [3.8, 4) is 0 Å². The van der Waals surface area contributed by atoms with Crippen LogP contribution in [-0.2, 0) is 10.0 Å². The van der Waals surface area contributed by atoms with Crippen molar-refractivity contribution >= 4 is 32.5 Å². The number of nitrogens with zero attached hydrogens (tertiary/aromatic N) is 3. The van der Waals surface area contributed by atoms with Gasteiger partial charge in [0.15, 0.2) is 0 Å². The molecule has 33 heavy (non-hydrogen) atoms. The van der Waals surface area contributed by atoms with E-state index < -0.39 is 10.0 Å². The maximum absolute atomic E-state index is 13.0. The average Bonchev–Trinajstić information content (AvgIpc) is 3.28. The number of carbonyl (C=O) groups is 1. The zero-order valence-electron chi connectivity index (χ0n) is 18.7. The van der Waals surface area contributed by atoms with Gasteiger partial charge in [0, 0.05) is 55.1 Å². The largest absolute Gasteiger partial charge is 0.346 e. The first-order valence-corrected chi connectivity index (χ1v) is 12.9. The molecule has 0 bridgehead atoms. The number of pyridine rings is 1. The Morgan fingerprint density at radius 1 is 1.09 bits per heavy atom. The third kappa shape index (κ3) is 4.20. The normalized spacial score (nSPS) is 18.5. The first kappa shape index (κ1) is 21.9. The fourth-order valence-electron chi connectivity index (χ4n) is 4.65. The van der Waals surface area contributed by atoms with Crippen LogP contribution >= 0.6 is 0 Å². The number of H-pyrrole nitrogens is 1. The van der Waals surface area contributed by atoms with Gasteiger partial charge in [-0.1, -0.05) is 13.0 Å². The van der Waals surface area contributed by atoms with Crippen LogP contribution in [0.5, 0.6) is 0 Å². The first-order valence-electron chi connectivity index (χ1n) is 11.4. The molecule has 172 valence electrons. The van der Waals surface area contributed by atoms with Crippen LogP contribution < -0.4 is 0 Å². The predicted octanol–water partition coefficient (Wildman–Crippen LogP) is 3.91. The summed E-state index contributed by atoms with van der Waals surface area (Å²) in [5.74, 6) is 0.477. The molecule has 0 unspecified atom stereocenters. The van der Waals surface area contributed by atoms with Gasteiger partial charge in [-0.3, -0.25) is 4.79 Å². The number of carbonyl (C=O) groups excluding carboxylic acids is 1. The molecule has 2 aliphatic heterocycles. The van der Waals surface area contributed by atoms with E-state index in [1.54, 1.807) is 39.7 Å². The second kappa shape index (κ2) is 8.76. The van der Waals surface area contributed by atoms with Crippen molar-refractivity contribution in [2.24, 2.45) is 5.92 Å². The van der Waals surface area contributed by atoms with Crippen molar-refractivity contribution in [1.29, 1.82) is 0 Å². The number of rotatable bonds is 4. The Morgan fingerprint density at radius 2 is 1.85 bits per heavy atom. The van der Waals surface area contributed by atoms with E-state index in [2.05, 4.69) is 23.0 Å². The summed E-state index contributed by atoms with van der Waals surface area (Å²) in [5, 5.41) is 1.09. The quantitative estimate of drug-likeness (QED) is 0.634. The molecule has 1 fully saturated rings. The van der Waals surface area contributed by atoms with Crippen molar-refractivity contribution in [3.05, 3.63) is 66.0 Å². The molecule has 8 heteroatoms. The molecule has 1 aromatic carbocycles. The third-order valence-corrected chi connectivity index (χ3v) is 8.69. The van der Waals surface area contributed by atoms with Crippen LogP contribution in [0.4, 0.5) is 0 Å². The monoisotopic (exact) mass is 464 g/mol. The SMILES string of the molecule is CC1CCN(S(=O)(=O)c2ccc(C(=O)N3CC=C(c4c[nH]c5ncccc45)CC3)cc2)CC1. The molecule has 0 spiro atoms. The van der Waals surface area contributed by atoms with Gasteiger partial charge in [0.05, 0.1) is 4.90 Å². The first-order chi connectivity index (χ1) is 15.9. The number of piperidine rings is 1. The van der Waals surface area contributed by atoms with Crippen LogP contribution in [0.2, 0.25) is 0 Å². The van der Waals surface area contributed by atoms with Crippen molar-refractivity contribution in [1.82, 2.24) is 19.2 Å². The second-order valence-corrected chi connectivity index (χ2v) is 10.9. The summed E-state index contributed by atoms with van der Waals surface area (Å²) in [6.45, 7) is 4.40. The van der Waals surface area contributed by atoms with Crippen molar-refractivity contribution in [2.45, 2.75) is 31.1 Å². The molecule has 5 rings (SSSR count). The topological polar surface area (TPSA) is 86.4 Å². The zero-order valence-corrected chi connectivity index (χ0v) is 19.5. The highest BCUT2D eigenvalue weighted by atomic mass is 32.2. The molecule has 1 saturated heterocycles. The molecule has 1 amide bonds. The number of sulfonamides is 1. The average molecular weight is 465 g/mol. The van der Waals surface area contributed by atoms with E-state index in [9.17, 15) is 13.2 Å². The van der Waals surface area contributed by atoms with E-state index in [0.717, 1.165) is 35.9 Å². The van der Waals surface area contributed by atoms with Crippen LogP contribution in [0.25, 0.3) is 16.6 Å². The lowest BCUT2D eigenvalue weighted by Gasteiger charge is -2.29. The molecule has 0 atom stereocenters. The van der Waals surface area contributed by atoms with Crippen LogP contribution in [0.1, 0.15) is 42.1 Å². The fraction of sp³-hybridized carbons (Fsp3) is 0.360. The Labute approximate surface area is 194 Å². The van der Waals surface area contributed by atoms with Gasteiger partial charge in [-0.05, 0) is 67.2 Å². The second-order valence-electron chi connectivity index (χ2n) is 8.94. The van der Waals surface area contributed by atoms with Crippen LogP contribution in [-0.4, -0.2) is 59.7 Å². The fourth-order valence-corrected chi connectivity index (χ4v) is 6.12. The van der Waals surface area contributed by atoms with Crippen LogP contribution in [0.3, 0.4) is 0 Å². The number of hydrogen-bond acceptors (Lipinski definition) is 4. The highest BCUT2D eigenvalue weighted by Crippen LogP contribution is 2.29. The minimum absolute atomic E-state index is 0.0818.